The van der Waals surface area contributed by atoms with Gasteiger partial charge in [0, 0.05) is 12.0 Å². The van der Waals surface area contributed by atoms with Gasteiger partial charge < -0.3 is 15.7 Å². The average molecular weight is 357 g/mol. The van der Waals surface area contributed by atoms with Gasteiger partial charge in [-0.15, -0.1) is 12.4 Å². The summed E-state index contributed by atoms with van der Waals surface area (Å²) in [7, 11) is 0. The van der Waals surface area contributed by atoms with Crippen molar-refractivity contribution >= 4 is 18.3 Å². The lowest BCUT2D eigenvalue weighted by molar-refractivity contribution is -0.124. The van der Waals surface area contributed by atoms with E-state index in [4.69, 9.17) is 0 Å². The molecule has 0 bridgehead atoms. The predicted molar refractivity (Wildman–Crippen MR) is 93.5 cm³/mol. The standard InChI is InChI=1S/C18H25FN2O2.ClH/c1-12(10-16(22)13-2-4-14(19)5-3-13)21-17(23)15-11-18(15)6-8-20-9-7-18;/h2-5,12,15-16,20,22H,6-11H2,1H3,(H,21,23);1H. The first kappa shape index (κ1) is 19.2. The Morgan fingerprint density at radius 1 is 1.38 bits per heavy atom. The maximum Gasteiger partial charge on any atom is 0.223 e. The number of nitrogens with one attached hydrogen (secondary N) is 2. The van der Waals surface area contributed by atoms with E-state index in [0.717, 1.165) is 32.4 Å². The Morgan fingerprint density at radius 3 is 2.62 bits per heavy atom. The molecular formula is C18H26ClFN2O2. The van der Waals surface area contributed by atoms with Crippen LogP contribution < -0.4 is 10.6 Å². The molecule has 1 aromatic rings. The number of benzene rings is 1. The van der Waals surface area contributed by atoms with Crippen LogP contribution >= 0.6 is 12.4 Å². The van der Waals surface area contributed by atoms with E-state index >= 15 is 0 Å². The molecule has 1 saturated carbocycles. The smallest absolute Gasteiger partial charge is 0.223 e. The van der Waals surface area contributed by atoms with E-state index in [1.807, 2.05) is 6.92 Å². The van der Waals surface area contributed by atoms with Crippen LogP contribution in [0.25, 0.3) is 0 Å². The fraction of sp³-hybridized carbons (Fsp3) is 0.611. The molecule has 3 N–H and O–H groups in total. The molecule has 2 fully saturated rings. The molecule has 1 spiro atoms. The first-order valence-electron chi connectivity index (χ1n) is 8.45. The molecule has 0 radical (unpaired) electrons. The van der Waals surface area contributed by atoms with Crippen molar-refractivity contribution in [1.29, 1.82) is 0 Å². The molecule has 1 aliphatic heterocycles. The highest BCUT2D eigenvalue weighted by Crippen LogP contribution is 2.58. The Bertz CT molecular complexity index is 561. The number of amides is 1. The first-order chi connectivity index (χ1) is 11.0. The summed E-state index contributed by atoms with van der Waals surface area (Å²) in [6.45, 7) is 3.91. The van der Waals surface area contributed by atoms with E-state index in [1.54, 1.807) is 12.1 Å². The fourth-order valence-corrected chi connectivity index (χ4v) is 3.75. The second-order valence-corrected chi connectivity index (χ2v) is 7.08. The normalized spacial score (nSPS) is 23.9. The summed E-state index contributed by atoms with van der Waals surface area (Å²) in [5, 5.41) is 16.6. The molecule has 6 heteroatoms. The number of aliphatic hydroxyl groups excluding tert-OH is 1. The molecule has 3 atom stereocenters. The van der Waals surface area contributed by atoms with Crippen LogP contribution in [-0.4, -0.2) is 30.1 Å². The van der Waals surface area contributed by atoms with Crippen LogP contribution in [0.15, 0.2) is 24.3 Å². The molecule has 1 saturated heterocycles. The summed E-state index contributed by atoms with van der Waals surface area (Å²) >= 11 is 0. The van der Waals surface area contributed by atoms with Crippen molar-refractivity contribution < 1.29 is 14.3 Å². The minimum absolute atomic E-state index is 0. The first-order valence-corrected chi connectivity index (χ1v) is 8.45. The lowest BCUT2D eigenvalue weighted by atomic mass is 9.91. The number of rotatable bonds is 5. The van der Waals surface area contributed by atoms with Gasteiger partial charge in [0.25, 0.3) is 0 Å². The van der Waals surface area contributed by atoms with Crippen molar-refractivity contribution in [2.24, 2.45) is 11.3 Å². The summed E-state index contributed by atoms with van der Waals surface area (Å²) in [5.74, 6) is -0.0657. The van der Waals surface area contributed by atoms with Gasteiger partial charge in [0.15, 0.2) is 0 Å². The van der Waals surface area contributed by atoms with Crippen molar-refractivity contribution in [1.82, 2.24) is 10.6 Å². The van der Waals surface area contributed by atoms with Gasteiger partial charge in [-0.25, -0.2) is 4.39 Å². The molecule has 1 heterocycles. The Kier molecular flexibility index (Phi) is 6.23. The van der Waals surface area contributed by atoms with Gasteiger partial charge >= 0.3 is 0 Å². The van der Waals surface area contributed by atoms with Gasteiger partial charge in [0.1, 0.15) is 5.82 Å². The second kappa shape index (κ2) is 7.81. The predicted octanol–water partition coefficient (Wildman–Crippen LogP) is 2.57. The van der Waals surface area contributed by atoms with E-state index in [2.05, 4.69) is 10.6 Å². The monoisotopic (exact) mass is 356 g/mol. The lowest BCUT2D eigenvalue weighted by Crippen LogP contribution is -2.38. The second-order valence-electron chi connectivity index (χ2n) is 7.08. The molecule has 24 heavy (non-hydrogen) atoms. The van der Waals surface area contributed by atoms with E-state index in [-0.39, 0.29) is 41.5 Å². The number of aliphatic hydroxyl groups is 1. The van der Waals surface area contributed by atoms with Crippen LogP contribution in [0.1, 0.15) is 44.3 Å². The third kappa shape index (κ3) is 4.26. The van der Waals surface area contributed by atoms with E-state index < -0.39 is 6.10 Å². The molecule has 0 aromatic heterocycles. The minimum atomic E-state index is -0.696. The number of carbonyl (C=O) groups is 1. The van der Waals surface area contributed by atoms with Crippen molar-refractivity contribution in [3.63, 3.8) is 0 Å². The molecule has 134 valence electrons. The van der Waals surface area contributed by atoms with Gasteiger partial charge in [-0.1, -0.05) is 12.1 Å². The Balaban J connectivity index is 0.00000208. The van der Waals surface area contributed by atoms with Crippen LogP contribution in [0, 0.1) is 17.2 Å². The van der Waals surface area contributed by atoms with Gasteiger partial charge in [-0.05, 0) is 68.8 Å². The number of carbonyl (C=O) groups excluding carboxylic acids is 1. The van der Waals surface area contributed by atoms with Crippen molar-refractivity contribution in [2.75, 3.05) is 13.1 Å². The number of halogens is 2. The zero-order valence-corrected chi connectivity index (χ0v) is 14.7. The topological polar surface area (TPSA) is 61.4 Å². The van der Waals surface area contributed by atoms with Gasteiger partial charge in [0.2, 0.25) is 5.91 Å². The third-order valence-electron chi connectivity index (χ3n) is 5.33. The van der Waals surface area contributed by atoms with Crippen LogP contribution in [0.5, 0.6) is 0 Å². The van der Waals surface area contributed by atoms with Crippen LogP contribution in [0.3, 0.4) is 0 Å². The average Bonchev–Trinajstić information content (AvgIpc) is 3.21. The van der Waals surface area contributed by atoms with Gasteiger partial charge in [-0.2, -0.15) is 0 Å². The number of hydrogen-bond acceptors (Lipinski definition) is 3. The minimum Gasteiger partial charge on any atom is -0.388 e. The summed E-state index contributed by atoms with van der Waals surface area (Å²) in [6, 6.07) is 5.74. The third-order valence-corrected chi connectivity index (χ3v) is 5.33. The van der Waals surface area contributed by atoms with Gasteiger partial charge in [0.05, 0.1) is 6.10 Å². The highest BCUT2D eigenvalue weighted by Gasteiger charge is 2.57. The Labute approximate surface area is 148 Å². The zero-order valence-electron chi connectivity index (χ0n) is 13.9. The molecule has 1 amide bonds. The molecule has 3 unspecified atom stereocenters. The molecular weight excluding hydrogens is 331 g/mol. The molecule has 3 rings (SSSR count). The van der Waals surface area contributed by atoms with Gasteiger partial charge in [-0.3, -0.25) is 4.79 Å². The van der Waals surface area contributed by atoms with Crippen molar-refractivity contribution in [3.8, 4) is 0 Å². The summed E-state index contributed by atoms with van der Waals surface area (Å²) < 4.78 is 12.9. The lowest BCUT2D eigenvalue weighted by Gasteiger charge is -2.24. The van der Waals surface area contributed by atoms with Crippen LogP contribution in [0.2, 0.25) is 0 Å². The number of hydrogen-bond donors (Lipinski definition) is 3. The summed E-state index contributed by atoms with van der Waals surface area (Å²) in [5.41, 5.74) is 0.902. The Morgan fingerprint density at radius 2 is 2.00 bits per heavy atom. The van der Waals surface area contributed by atoms with Crippen LogP contribution in [0.4, 0.5) is 4.39 Å². The highest BCUT2D eigenvalue weighted by atomic mass is 35.5. The van der Waals surface area contributed by atoms with Crippen molar-refractivity contribution in [3.05, 3.63) is 35.6 Å². The molecule has 4 nitrogen and oxygen atoms in total. The fourth-order valence-electron chi connectivity index (χ4n) is 3.75. The SMILES string of the molecule is CC(CC(O)c1ccc(F)cc1)NC(=O)C1CC12CCNCC2.Cl. The quantitative estimate of drug-likeness (QED) is 0.760. The maximum atomic E-state index is 12.9. The Hall–Kier alpha value is -1.17. The maximum absolute atomic E-state index is 12.9. The van der Waals surface area contributed by atoms with E-state index in [0.29, 0.717) is 12.0 Å². The largest absolute Gasteiger partial charge is 0.388 e. The highest BCUT2D eigenvalue weighted by molar-refractivity contribution is 5.85. The summed E-state index contributed by atoms with van der Waals surface area (Å²) in [6.07, 6.45) is 2.89. The molecule has 2 aliphatic rings. The van der Waals surface area contributed by atoms with E-state index in [9.17, 15) is 14.3 Å². The van der Waals surface area contributed by atoms with Crippen molar-refractivity contribution in [2.45, 2.75) is 44.8 Å². The summed E-state index contributed by atoms with van der Waals surface area (Å²) in [4.78, 5) is 12.4. The van der Waals surface area contributed by atoms with E-state index in [1.165, 1.54) is 12.1 Å². The molecule has 1 aliphatic carbocycles. The zero-order chi connectivity index (χ0) is 16.4. The number of piperidine rings is 1. The molecule has 1 aromatic carbocycles. The van der Waals surface area contributed by atoms with Crippen LogP contribution in [-0.2, 0) is 4.79 Å².